The lowest BCUT2D eigenvalue weighted by atomic mass is 10.0. The van der Waals surface area contributed by atoms with Crippen molar-refractivity contribution in [2.45, 2.75) is 6.42 Å². The Morgan fingerprint density at radius 3 is 2.42 bits per heavy atom. The molecule has 0 amide bonds. The van der Waals surface area contributed by atoms with Gasteiger partial charge in [-0.3, -0.25) is 9.97 Å². The highest BCUT2D eigenvalue weighted by molar-refractivity contribution is 9.10. The van der Waals surface area contributed by atoms with Crippen molar-refractivity contribution in [3.63, 3.8) is 0 Å². The summed E-state index contributed by atoms with van der Waals surface area (Å²) in [6.45, 7) is 0. The summed E-state index contributed by atoms with van der Waals surface area (Å²) in [5.41, 5.74) is 3.69. The third kappa shape index (κ3) is 3.22. The molecule has 0 saturated carbocycles. The maximum Gasteiger partial charge on any atom is 0.145 e. The summed E-state index contributed by atoms with van der Waals surface area (Å²) in [6.07, 6.45) is 1.89. The molecule has 128 valence electrons. The predicted molar refractivity (Wildman–Crippen MR) is 102 cm³/mol. The highest BCUT2D eigenvalue weighted by Crippen LogP contribution is 2.34. The molecule has 0 aliphatic carbocycles. The Hall–Kier alpha value is -2.66. The summed E-state index contributed by atoms with van der Waals surface area (Å²) in [7, 11) is 0. The molecule has 4 rings (SSSR count). The second-order valence-electron chi connectivity index (χ2n) is 5.92. The molecule has 0 fully saturated rings. The van der Waals surface area contributed by atoms with Crippen LogP contribution in [0.4, 0.5) is 8.78 Å². The lowest BCUT2D eigenvalue weighted by Gasteiger charge is -2.10. The minimum Gasteiger partial charge on any atom is -0.258 e. The topological polar surface area (TPSA) is 25.8 Å². The molecule has 0 radical (unpaired) electrons. The number of rotatable bonds is 3. The van der Waals surface area contributed by atoms with E-state index in [4.69, 9.17) is 0 Å². The van der Waals surface area contributed by atoms with Gasteiger partial charge in [-0.25, -0.2) is 8.78 Å². The van der Waals surface area contributed by atoms with Crippen molar-refractivity contribution in [3.05, 3.63) is 94.4 Å². The first-order valence-corrected chi connectivity index (χ1v) is 8.84. The minimum absolute atomic E-state index is 0.275. The van der Waals surface area contributed by atoms with Gasteiger partial charge in [0.1, 0.15) is 11.6 Å². The lowest BCUT2D eigenvalue weighted by molar-refractivity contribution is 0.603. The van der Waals surface area contributed by atoms with E-state index in [0.29, 0.717) is 12.1 Å². The van der Waals surface area contributed by atoms with E-state index in [9.17, 15) is 8.78 Å². The van der Waals surface area contributed by atoms with Crippen LogP contribution in [0.25, 0.3) is 22.0 Å². The third-order valence-electron chi connectivity index (χ3n) is 4.20. The van der Waals surface area contributed by atoms with E-state index in [1.807, 2.05) is 24.3 Å². The summed E-state index contributed by atoms with van der Waals surface area (Å²) in [5.74, 6) is -0.614. The van der Waals surface area contributed by atoms with Crippen molar-refractivity contribution < 1.29 is 8.78 Å². The van der Waals surface area contributed by atoms with Gasteiger partial charge >= 0.3 is 0 Å². The van der Waals surface area contributed by atoms with Crippen LogP contribution < -0.4 is 0 Å². The number of aromatic nitrogens is 2. The van der Waals surface area contributed by atoms with Gasteiger partial charge in [-0.2, -0.15) is 0 Å². The minimum atomic E-state index is -0.339. The summed E-state index contributed by atoms with van der Waals surface area (Å²) in [5, 5.41) is 0.966. The zero-order chi connectivity index (χ0) is 18.1. The lowest BCUT2D eigenvalue weighted by Crippen LogP contribution is -1.99. The largest absolute Gasteiger partial charge is 0.258 e. The average Bonchev–Trinajstić information content (AvgIpc) is 2.65. The van der Waals surface area contributed by atoms with Crippen molar-refractivity contribution in [1.82, 2.24) is 9.97 Å². The zero-order valence-electron chi connectivity index (χ0n) is 13.6. The van der Waals surface area contributed by atoms with Gasteiger partial charge in [-0.1, -0.05) is 30.3 Å². The normalized spacial score (nSPS) is 11.0. The summed E-state index contributed by atoms with van der Waals surface area (Å²) in [4.78, 5) is 8.77. The molecule has 0 bridgehead atoms. The van der Waals surface area contributed by atoms with Crippen molar-refractivity contribution in [1.29, 1.82) is 0 Å². The van der Waals surface area contributed by atoms with Gasteiger partial charge in [-0.15, -0.1) is 0 Å². The molecule has 0 spiro atoms. The first-order chi connectivity index (χ1) is 12.6. The molecule has 0 aliphatic rings. The standard InChI is InChI=1S/C21H13BrF2N2/c22-20-17(13-3-7-15(23)8-4-13)10-6-14-5-9-16(26-21(14)20)12-19-18(24)2-1-11-25-19/h1-11H,12H2. The SMILES string of the molecule is Fc1ccc(-c2ccc3ccc(Cc4ncccc4F)nc3c2Br)cc1. The van der Waals surface area contributed by atoms with Crippen LogP contribution in [-0.2, 0) is 6.42 Å². The molecule has 2 nitrogen and oxygen atoms in total. The van der Waals surface area contributed by atoms with E-state index in [0.717, 1.165) is 32.2 Å². The second kappa shape index (κ2) is 6.92. The Bertz CT molecular complexity index is 1090. The van der Waals surface area contributed by atoms with Gasteiger partial charge < -0.3 is 0 Å². The van der Waals surface area contributed by atoms with E-state index < -0.39 is 0 Å². The van der Waals surface area contributed by atoms with E-state index in [2.05, 4.69) is 25.9 Å². The molecule has 2 aromatic heterocycles. The van der Waals surface area contributed by atoms with Crippen LogP contribution in [0.2, 0.25) is 0 Å². The number of benzene rings is 2. The predicted octanol–water partition coefficient (Wildman–Crippen LogP) is 5.93. The van der Waals surface area contributed by atoms with Gasteiger partial charge in [-0.05, 0) is 57.4 Å². The highest BCUT2D eigenvalue weighted by Gasteiger charge is 2.11. The van der Waals surface area contributed by atoms with Crippen LogP contribution >= 0.6 is 15.9 Å². The highest BCUT2D eigenvalue weighted by atomic mass is 79.9. The fourth-order valence-corrected chi connectivity index (χ4v) is 3.54. The average molecular weight is 411 g/mol. The first-order valence-electron chi connectivity index (χ1n) is 8.05. The van der Waals surface area contributed by atoms with E-state index in [1.54, 1.807) is 24.4 Å². The van der Waals surface area contributed by atoms with E-state index in [1.165, 1.54) is 18.2 Å². The first kappa shape index (κ1) is 16.8. The fraction of sp³-hybridized carbons (Fsp3) is 0.0476. The molecule has 2 aromatic carbocycles. The Morgan fingerprint density at radius 1 is 0.885 bits per heavy atom. The number of hydrogen-bond acceptors (Lipinski definition) is 2. The van der Waals surface area contributed by atoms with E-state index >= 15 is 0 Å². The number of pyridine rings is 2. The van der Waals surface area contributed by atoms with Gasteiger partial charge in [0.25, 0.3) is 0 Å². The quantitative estimate of drug-likeness (QED) is 0.418. The van der Waals surface area contributed by atoms with Gasteiger partial charge in [0.2, 0.25) is 0 Å². The van der Waals surface area contributed by atoms with Crippen LogP contribution in [0.3, 0.4) is 0 Å². The number of hydrogen-bond donors (Lipinski definition) is 0. The molecular weight excluding hydrogens is 398 g/mol. The Kier molecular flexibility index (Phi) is 4.47. The van der Waals surface area contributed by atoms with Crippen LogP contribution in [0, 0.1) is 11.6 Å². The maximum atomic E-state index is 13.9. The van der Waals surface area contributed by atoms with Crippen molar-refractivity contribution >= 4 is 26.8 Å². The Morgan fingerprint density at radius 2 is 1.65 bits per heavy atom. The van der Waals surface area contributed by atoms with Crippen molar-refractivity contribution in [3.8, 4) is 11.1 Å². The zero-order valence-corrected chi connectivity index (χ0v) is 15.2. The number of nitrogens with zero attached hydrogens (tertiary/aromatic N) is 2. The molecule has 0 aliphatic heterocycles. The second-order valence-corrected chi connectivity index (χ2v) is 6.71. The number of halogens is 3. The van der Waals surface area contributed by atoms with Crippen LogP contribution in [-0.4, -0.2) is 9.97 Å². The summed E-state index contributed by atoms with van der Waals surface area (Å²) in [6, 6.07) is 17.1. The monoisotopic (exact) mass is 410 g/mol. The molecule has 5 heteroatoms. The Balaban J connectivity index is 1.78. The molecule has 0 atom stereocenters. The molecule has 0 N–H and O–H groups in total. The van der Waals surface area contributed by atoms with Crippen LogP contribution in [0.15, 0.2) is 71.3 Å². The van der Waals surface area contributed by atoms with Crippen molar-refractivity contribution in [2.75, 3.05) is 0 Å². The van der Waals surface area contributed by atoms with Crippen LogP contribution in [0.1, 0.15) is 11.4 Å². The van der Waals surface area contributed by atoms with Gasteiger partial charge in [0, 0.05) is 23.7 Å². The number of fused-ring (bicyclic) bond motifs is 1. The van der Waals surface area contributed by atoms with Gasteiger partial charge in [0.15, 0.2) is 0 Å². The summed E-state index contributed by atoms with van der Waals surface area (Å²) >= 11 is 3.63. The summed E-state index contributed by atoms with van der Waals surface area (Å²) < 4.78 is 27.9. The fourth-order valence-electron chi connectivity index (χ4n) is 2.87. The molecule has 26 heavy (non-hydrogen) atoms. The molecule has 0 saturated heterocycles. The molecule has 4 aromatic rings. The smallest absolute Gasteiger partial charge is 0.145 e. The van der Waals surface area contributed by atoms with Crippen molar-refractivity contribution in [2.24, 2.45) is 0 Å². The molecule has 2 heterocycles. The molecular formula is C21H13BrF2N2. The Labute approximate surface area is 157 Å². The van der Waals surface area contributed by atoms with Crippen LogP contribution in [0.5, 0.6) is 0 Å². The third-order valence-corrected chi connectivity index (χ3v) is 5.00. The maximum absolute atomic E-state index is 13.9. The van der Waals surface area contributed by atoms with Gasteiger partial charge in [0.05, 0.1) is 15.7 Å². The molecule has 0 unspecified atom stereocenters. The van der Waals surface area contributed by atoms with E-state index in [-0.39, 0.29) is 11.6 Å².